The summed E-state index contributed by atoms with van der Waals surface area (Å²) in [6.45, 7) is 2.97. The maximum absolute atomic E-state index is 12.5. The van der Waals surface area contributed by atoms with Crippen LogP contribution in [0.2, 0.25) is 0 Å². The number of alkyl halides is 1. The number of hydrogen-bond acceptors (Lipinski definition) is 3. The van der Waals surface area contributed by atoms with Crippen LogP contribution in [-0.4, -0.2) is 36.9 Å². The van der Waals surface area contributed by atoms with Crippen molar-refractivity contribution in [3.63, 3.8) is 0 Å². The topological polar surface area (TPSA) is 39.1 Å². The molecule has 0 aromatic heterocycles. The Hall–Kier alpha value is -0.660. The van der Waals surface area contributed by atoms with E-state index in [9.17, 15) is 4.39 Å². The molecule has 0 aromatic carbocycles. The molecule has 1 heterocycles. The van der Waals surface area contributed by atoms with Crippen LogP contribution in [0.3, 0.4) is 0 Å². The van der Waals surface area contributed by atoms with E-state index in [2.05, 4.69) is 5.32 Å². The summed E-state index contributed by atoms with van der Waals surface area (Å²) in [6, 6.07) is 2.02. The summed E-state index contributed by atoms with van der Waals surface area (Å²) in [6.07, 6.45) is 0. The molecule has 11 heavy (non-hydrogen) atoms. The van der Waals surface area contributed by atoms with Crippen molar-refractivity contribution in [3.05, 3.63) is 0 Å². The third-order valence-corrected chi connectivity index (χ3v) is 2.12. The van der Waals surface area contributed by atoms with Crippen molar-refractivity contribution in [1.29, 1.82) is 5.26 Å². The first-order valence-electron chi connectivity index (χ1n) is 3.61. The number of rotatable bonds is 2. The molecule has 0 radical (unpaired) electrons. The second-order valence-electron chi connectivity index (χ2n) is 3.07. The number of hydrogen-bond donors (Lipinski definition) is 1. The molecule has 1 aliphatic heterocycles. The first-order valence-corrected chi connectivity index (χ1v) is 3.61. The van der Waals surface area contributed by atoms with Crippen molar-refractivity contribution in [3.8, 4) is 6.07 Å². The Labute approximate surface area is 65.8 Å². The normalized spacial score (nSPS) is 32.1. The summed E-state index contributed by atoms with van der Waals surface area (Å²) < 4.78 is 12.5. The molecule has 1 rings (SSSR count). The van der Waals surface area contributed by atoms with Crippen LogP contribution in [0.1, 0.15) is 6.92 Å². The van der Waals surface area contributed by atoms with E-state index >= 15 is 0 Å². The minimum Gasteiger partial charge on any atom is -0.302 e. The van der Waals surface area contributed by atoms with E-state index in [0.29, 0.717) is 19.8 Å². The van der Waals surface area contributed by atoms with Crippen LogP contribution in [0.4, 0.5) is 4.39 Å². The van der Waals surface area contributed by atoms with Gasteiger partial charge in [-0.2, -0.15) is 5.26 Å². The summed E-state index contributed by atoms with van der Waals surface area (Å²) in [5.74, 6) is 0. The number of nitrogens with zero attached hydrogens (tertiary/aromatic N) is 2. The molecule has 1 atom stereocenters. The predicted molar refractivity (Wildman–Crippen MR) is 39.6 cm³/mol. The molecule has 0 saturated carbocycles. The Morgan fingerprint density at radius 1 is 1.82 bits per heavy atom. The molecule has 3 nitrogen and oxygen atoms in total. The molecule has 0 spiro atoms. The molecule has 4 heteroatoms. The smallest absolute Gasteiger partial charge is 0.109 e. The highest BCUT2D eigenvalue weighted by molar-refractivity contribution is 4.96. The van der Waals surface area contributed by atoms with Crippen molar-refractivity contribution in [2.45, 2.75) is 12.5 Å². The number of nitrogens with one attached hydrogen (secondary N) is 1. The maximum Gasteiger partial charge on any atom is 0.109 e. The molecule has 0 aliphatic carbocycles. The van der Waals surface area contributed by atoms with E-state index in [1.54, 1.807) is 0 Å². The highest BCUT2D eigenvalue weighted by Crippen LogP contribution is 2.17. The minimum absolute atomic E-state index is 0.299. The zero-order valence-electron chi connectivity index (χ0n) is 6.60. The fourth-order valence-electron chi connectivity index (χ4n) is 1.23. The second kappa shape index (κ2) is 3.16. The first-order chi connectivity index (χ1) is 5.23. The van der Waals surface area contributed by atoms with Gasteiger partial charge in [-0.05, 0) is 6.92 Å². The summed E-state index contributed by atoms with van der Waals surface area (Å²) in [7, 11) is 0. The lowest BCUT2D eigenvalue weighted by Gasteiger charge is -2.28. The van der Waals surface area contributed by atoms with Crippen molar-refractivity contribution < 1.29 is 4.39 Å². The molecule has 0 bridgehead atoms. The van der Waals surface area contributed by atoms with E-state index in [1.807, 2.05) is 17.9 Å². The Bertz CT molecular complexity index is 177. The molecular weight excluding hydrogens is 145 g/mol. The molecular formula is C7H12FN3. The van der Waals surface area contributed by atoms with E-state index in [-0.39, 0.29) is 0 Å². The van der Waals surface area contributed by atoms with E-state index in [4.69, 9.17) is 5.26 Å². The van der Waals surface area contributed by atoms with E-state index in [1.165, 1.54) is 0 Å². The monoisotopic (exact) mass is 157 g/mol. The lowest BCUT2D eigenvalue weighted by molar-refractivity contribution is 0.147. The zero-order chi connectivity index (χ0) is 8.32. The summed E-state index contributed by atoms with van der Waals surface area (Å²) in [4.78, 5) is 1.81. The third kappa shape index (κ3) is 1.50. The van der Waals surface area contributed by atoms with Crippen LogP contribution < -0.4 is 5.32 Å². The molecule has 0 amide bonds. The van der Waals surface area contributed by atoms with Gasteiger partial charge in [0.2, 0.25) is 0 Å². The molecule has 1 unspecified atom stereocenters. The van der Waals surface area contributed by atoms with E-state index < -0.39 is 12.2 Å². The standard InChI is InChI=1S/C7H12FN3/c1-7(4-8)5-10-6-11(7)3-2-9/h10H,3-6H2,1H3. The minimum atomic E-state index is -0.463. The molecule has 1 fully saturated rings. The van der Waals surface area contributed by atoms with Gasteiger partial charge in [-0.3, -0.25) is 4.90 Å². The van der Waals surface area contributed by atoms with Gasteiger partial charge in [0, 0.05) is 13.2 Å². The van der Waals surface area contributed by atoms with Gasteiger partial charge in [0.1, 0.15) is 6.67 Å². The molecule has 0 aromatic rings. The van der Waals surface area contributed by atoms with E-state index in [0.717, 1.165) is 0 Å². The molecule has 62 valence electrons. The Morgan fingerprint density at radius 3 is 3.09 bits per heavy atom. The fraction of sp³-hybridized carbons (Fsp3) is 0.857. The third-order valence-electron chi connectivity index (χ3n) is 2.12. The second-order valence-corrected chi connectivity index (χ2v) is 3.07. The van der Waals surface area contributed by atoms with Gasteiger partial charge in [-0.15, -0.1) is 0 Å². The van der Waals surface area contributed by atoms with Crippen LogP contribution in [0.5, 0.6) is 0 Å². The average molecular weight is 157 g/mol. The van der Waals surface area contributed by atoms with Crippen LogP contribution in [0.25, 0.3) is 0 Å². The van der Waals surface area contributed by atoms with Gasteiger partial charge in [-0.25, -0.2) is 4.39 Å². The Morgan fingerprint density at radius 2 is 2.55 bits per heavy atom. The molecule has 1 N–H and O–H groups in total. The summed E-state index contributed by atoms with van der Waals surface area (Å²) in [5.41, 5.74) is -0.463. The van der Waals surface area contributed by atoms with Crippen molar-refractivity contribution >= 4 is 0 Å². The first kappa shape index (κ1) is 8.44. The highest BCUT2D eigenvalue weighted by atomic mass is 19.1. The molecule has 1 saturated heterocycles. The lowest BCUT2D eigenvalue weighted by atomic mass is 10.1. The van der Waals surface area contributed by atoms with Gasteiger partial charge in [0.15, 0.2) is 0 Å². The van der Waals surface area contributed by atoms with Gasteiger partial charge in [0.05, 0.1) is 18.2 Å². The lowest BCUT2D eigenvalue weighted by Crippen LogP contribution is -2.45. The van der Waals surface area contributed by atoms with Gasteiger partial charge in [-0.1, -0.05) is 0 Å². The van der Waals surface area contributed by atoms with Crippen molar-refractivity contribution in [2.75, 3.05) is 26.4 Å². The predicted octanol–water partition coefficient (Wildman–Crippen LogP) is 0.101. The fourth-order valence-corrected chi connectivity index (χ4v) is 1.23. The van der Waals surface area contributed by atoms with Gasteiger partial charge >= 0.3 is 0 Å². The van der Waals surface area contributed by atoms with Crippen LogP contribution in [-0.2, 0) is 0 Å². The zero-order valence-corrected chi connectivity index (χ0v) is 6.60. The number of halogens is 1. The maximum atomic E-state index is 12.5. The van der Waals surface area contributed by atoms with Crippen molar-refractivity contribution in [2.24, 2.45) is 0 Å². The van der Waals surface area contributed by atoms with Crippen LogP contribution in [0, 0.1) is 11.3 Å². The SMILES string of the molecule is CC1(CF)CNCN1CC#N. The van der Waals surface area contributed by atoms with Gasteiger partial charge in [0.25, 0.3) is 0 Å². The highest BCUT2D eigenvalue weighted by Gasteiger charge is 2.36. The summed E-state index contributed by atoms with van der Waals surface area (Å²) >= 11 is 0. The largest absolute Gasteiger partial charge is 0.302 e. The summed E-state index contributed by atoms with van der Waals surface area (Å²) in [5, 5.41) is 11.4. The average Bonchev–Trinajstić information content (AvgIpc) is 2.35. The van der Waals surface area contributed by atoms with Gasteiger partial charge < -0.3 is 5.32 Å². The quantitative estimate of drug-likeness (QED) is 0.578. The Balaban J connectivity index is 2.58. The van der Waals surface area contributed by atoms with Crippen LogP contribution >= 0.6 is 0 Å². The molecule has 1 aliphatic rings. The Kier molecular flexibility index (Phi) is 2.42. The van der Waals surface area contributed by atoms with Crippen molar-refractivity contribution in [1.82, 2.24) is 10.2 Å². The van der Waals surface area contributed by atoms with Crippen LogP contribution in [0.15, 0.2) is 0 Å². The number of nitriles is 1.